The van der Waals surface area contributed by atoms with Gasteiger partial charge < -0.3 is 14.4 Å². The monoisotopic (exact) mass is 362 g/mol. The van der Waals surface area contributed by atoms with Crippen LogP contribution in [0, 0.1) is 0 Å². The Morgan fingerprint density at radius 1 is 1.12 bits per heavy atom. The summed E-state index contributed by atoms with van der Waals surface area (Å²) in [5.41, 5.74) is 0.523. The molecule has 0 unspecified atom stereocenters. The normalized spacial score (nSPS) is 15.0. The number of ether oxygens (including phenoxy) is 2. The van der Waals surface area contributed by atoms with Crippen LogP contribution in [-0.2, 0) is 4.74 Å². The van der Waals surface area contributed by atoms with Gasteiger partial charge in [-0.2, -0.15) is 0 Å². The Bertz CT molecular complexity index is 610. The molecule has 1 N–H and O–H groups in total. The highest BCUT2D eigenvalue weighted by molar-refractivity contribution is 5.85. The molecule has 0 aliphatic heterocycles. The molecule has 1 aromatic rings. The van der Waals surface area contributed by atoms with E-state index in [-0.39, 0.29) is 24.3 Å². The van der Waals surface area contributed by atoms with Crippen LogP contribution in [0.15, 0.2) is 24.3 Å². The second-order valence-electron chi connectivity index (χ2n) is 7.27. The van der Waals surface area contributed by atoms with E-state index in [0.717, 1.165) is 25.7 Å². The second kappa shape index (κ2) is 9.46. The predicted molar refractivity (Wildman–Crippen MR) is 102 cm³/mol. The van der Waals surface area contributed by atoms with E-state index in [1.165, 1.54) is 6.42 Å². The SMILES string of the molecule is CC(C)OC(=O)Nc1cccc(OC(=O)N(C(C)C)C2CCCCC2)c1. The molecule has 0 bridgehead atoms. The number of benzene rings is 1. The maximum Gasteiger partial charge on any atom is 0.415 e. The van der Waals surface area contributed by atoms with Gasteiger partial charge in [0.05, 0.1) is 6.10 Å². The maximum absolute atomic E-state index is 12.7. The number of carbonyl (C=O) groups is 2. The van der Waals surface area contributed by atoms with Gasteiger partial charge in [-0.1, -0.05) is 25.3 Å². The Kier molecular flexibility index (Phi) is 7.30. The van der Waals surface area contributed by atoms with Crippen LogP contribution < -0.4 is 10.1 Å². The van der Waals surface area contributed by atoms with Crippen molar-refractivity contribution in [1.29, 1.82) is 0 Å². The van der Waals surface area contributed by atoms with Crippen LogP contribution in [0.2, 0.25) is 0 Å². The summed E-state index contributed by atoms with van der Waals surface area (Å²) in [6, 6.07) is 7.09. The quantitative estimate of drug-likeness (QED) is 0.783. The third-order valence-corrected chi connectivity index (χ3v) is 4.36. The molecule has 1 aromatic carbocycles. The van der Waals surface area contributed by atoms with Crippen LogP contribution >= 0.6 is 0 Å². The zero-order valence-electron chi connectivity index (χ0n) is 16.2. The summed E-state index contributed by atoms with van der Waals surface area (Å²) in [5, 5.41) is 2.64. The molecule has 144 valence electrons. The minimum Gasteiger partial charge on any atom is -0.447 e. The van der Waals surface area contributed by atoms with Gasteiger partial charge in [-0.25, -0.2) is 9.59 Å². The molecule has 0 aromatic heterocycles. The van der Waals surface area contributed by atoms with E-state index in [1.54, 1.807) is 38.1 Å². The average Bonchev–Trinajstić information content (AvgIpc) is 2.55. The minimum atomic E-state index is -0.533. The van der Waals surface area contributed by atoms with Crippen LogP contribution in [0.1, 0.15) is 59.8 Å². The van der Waals surface area contributed by atoms with E-state index in [9.17, 15) is 9.59 Å². The Balaban J connectivity index is 2.02. The molecule has 0 saturated heterocycles. The van der Waals surface area contributed by atoms with Crippen LogP contribution in [0.4, 0.5) is 15.3 Å². The molecule has 1 aliphatic carbocycles. The number of carbonyl (C=O) groups excluding carboxylic acids is 2. The lowest BCUT2D eigenvalue weighted by Gasteiger charge is -2.36. The highest BCUT2D eigenvalue weighted by Gasteiger charge is 2.29. The van der Waals surface area contributed by atoms with Gasteiger partial charge >= 0.3 is 12.2 Å². The number of amides is 2. The summed E-state index contributed by atoms with van der Waals surface area (Å²) in [7, 11) is 0. The molecule has 6 nitrogen and oxygen atoms in total. The number of anilines is 1. The molecular weight excluding hydrogens is 332 g/mol. The molecular formula is C20H30N2O4. The van der Waals surface area contributed by atoms with Gasteiger partial charge in [-0.05, 0) is 52.7 Å². The third-order valence-electron chi connectivity index (χ3n) is 4.36. The van der Waals surface area contributed by atoms with Crippen LogP contribution in [0.5, 0.6) is 5.75 Å². The van der Waals surface area contributed by atoms with Crippen molar-refractivity contribution < 1.29 is 19.1 Å². The smallest absolute Gasteiger partial charge is 0.415 e. The van der Waals surface area contributed by atoms with Crippen molar-refractivity contribution in [3.63, 3.8) is 0 Å². The molecule has 26 heavy (non-hydrogen) atoms. The topological polar surface area (TPSA) is 67.9 Å². The van der Waals surface area contributed by atoms with Crippen molar-refractivity contribution in [1.82, 2.24) is 4.90 Å². The lowest BCUT2D eigenvalue weighted by molar-refractivity contribution is 0.0990. The number of nitrogens with one attached hydrogen (secondary N) is 1. The number of rotatable bonds is 5. The van der Waals surface area contributed by atoms with Crippen molar-refractivity contribution in [2.24, 2.45) is 0 Å². The van der Waals surface area contributed by atoms with Gasteiger partial charge in [-0.3, -0.25) is 5.32 Å². The van der Waals surface area contributed by atoms with E-state index < -0.39 is 6.09 Å². The van der Waals surface area contributed by atoms with Crippen LogP contribution in [0.3, 0.4) is 0 Å². The molecule has 6 heteroatoms. The van der Waals surface area contributed by atoms with Gasteiger partial charge in [0.25, 0.3) is 0 Å². The second-order valence-corrected chi connectivity index (χ2v) is 7.27. The molecule has 2 rings (SSSR count). The zero-order valence-corrected chi connectivity index (χ0v) is 16.2. The van der Waals surface area contributed by atoms with Gasteiger partial charge in [0.1, 0.15) is 5.75 Å². The molecule has 0 radical (unpaired) electrons. The lowest BCUT2D eigenvalue weighted by Crippen LogP contribution is -2.47. The van der Waals surface area contributed by atoms with Crippen molar-refractivity contribution in [2.45, 2.75) is 78.0 Å². The van der Waals surface area contributed by atoms with Gasteiger partial charge in [0.2, 0.25) is 0 Å². The summed E-state index contributed by atoms with van der Waals surface area (Å²) in [6.45, 7) is 7.58. The number of nitrogens with zero attached hydrogens (tertiary/aromatic N) is 1. The number of hydrogen-bond donors (Lipinski definition) is 1. The lowest BCUT2D eigenvalue weighted by atomic mass is 9.94. The predicted octanol–water partition coefficient (Wildman–Crippen LogP) is 5.19. The summed E-state index contributed by atoms with van der Waals surface area (Å²) >= 11 is 0. The summed E-state index contributed by atoms with van der Waals surface area (Å²) < 4.78 is 10.6. The Morgan fingerprint density at radius 2 is 1.81 bits per heavy atom. The Hall–Kier alpha value is -2.24. The highest BCUT2D eigenvalue weighted by atomic mass is 16.6. The first-order chi connectivity index (χ1) is 12.4. The highest BCUT2D eigenvalue weighted by Crippen LogP contribution is 2.26. The van der Waals surface area contributed by atoms with Gasteiger partial charge in [0, 0.05) is 23.8 Å². The van der Waals surface area contributed by atoms with Crippen LogP contribution in [0.25, 0.3) is 0 Å². The van der Waals surface area contributed by atoms with Crippen molar-refractivity contribution >= 4 is 17.9 Å². The number of hydrogen-bond acceptors (Lipinski definition) is 4. The largest absolute Gasteiger partial charge is 0.447 e. The Morgan fingerprint density at radius 3 is 2.42 bits per heavy atom. The zero-order chi connectivity index (χ0) is 19.1. The molecule has 0 heterocycles. The van der Waals surface area contributed by atoms with Gasteiger partial charge in [0.15, 0.2) is 0 Å². The van der Waals surface area contributed by atoms with E-state index in [2.05, 4.69) is 5.32 Å². The fourth-order valence-electron chi connectivity index (χ4n) is 3.29. The van der Waals surface area contributed by atoms with Crippen LogP contribution in [-0.4, -0.2) is 35.3 Å². The van der Waals surface area contributed by atoms with Crippen molar-refractivity contribution in [2.75, 3.05) is 5.32 Å². The Labute approximate surface area is 155 Å². The first kappa shape index (κ1) is 20.1. The minimum absolute atomic E-state index is 0.0768. The summed E-state index contributed by atoms with van der Waals surface area (Å²) in [4.78, 5) is 26.3. The molecule has 0 spiro atoms. The fourth-order valence-corrected chi connectivity index (χ4v) is 3.29. The standard InChI is InChI=1S/C20H30N2O4/c1-14(2)22(17-10-6-5-7-11-17)20(24)26-18-12-8-9-16(13-18)21-19(23)25-15(3)4/h8-9,12-15,17H,5-7,10-11H2,1-4H3,(H,21,23). The molecule has 0 atom stereocenters. The van der Waals surface area contributed by atoms with Gasteiger partial charge in [-0.15, -0.1) is 0 Å². The molecule has 2 amide bonds. The van der Waals surface area contributed by atoms with Crippen molar-refractivity contribution in [3.05, 3.63) is 24.3 Å². The summed E-state index contributed by atoms with van der Waals surface area (Å²) in [6.07, 6.45) is 4.51. The van der Waals surface area contributed by atoms with E-state index in [1.807, 2.05) is 18.7 Å². The van der Waals surface area contributed by atoms with E-state index >= 15 is 0 Å². The first-order valence-electron chi connectivity index (χ1n) is 9.44. The average molecular weight is 362 g/mol. The fraction of sp³-hybridized carbons (Fsp3) is 0.600. The van der Waals surface area contributed by atoms with E-state index in [0.29, 0.717) is 11.4 Å². The van der Waals surface area contributed by atoms with Crippen molar-refractivity contribution in [3.8, 4) is 5.75 Å². The first-order valence-corrected chi connectivity index (χ1v) is 9.44. The molecule has 1 aliphatic rings. The summed E-state index contributed by atoms with van der Waals surface area (Å²) in [5.74, 6) is 0.402. The van der Waals surface area contributed by atoms with E-state index in [4.69, 9.17) is 9.47 Å². The maximum atomic E-state index is 12.7. The molecule has 1 saturated carbocycles. The third kappa shape index (κ3) is 5.93. The molecule has 1 fully saturated rings.